The van der Waals surface area contributed by atoms with Crippen LogP contribution in [0.3, 0.4) is 0 Å². The highest BCUT2D eigenvalue weighted by Gasteiger charge is 2.16. The molecule has 2 N–H and O–H groups in total. The van der Waals surface area contributed by atoms with Gasteiger partial charge in [0.2, 0.25) is 10.0 Å². The smallest absolute Gasteiger partial charge is 0.255 e. The average Bonchev–Trinajstić information content (AvgIpc) is 2.84. The van der Waals surface area contributed by atoms with Crippen molar-refractivity contribution >= 4 is 27.3 Å². The number of hydrogen-bond donors (Lipinski definition) is 2. The van der Waals surface area contributed by atoms with Gasteiger partial charge in [0.15, 0.2) is 0 Å². The van der Waals surface area contributed by atoms with E-state index in [0.717, 1.165) is 24.3 Å². The Bertz CT molecular complexity index is 1140. The molecule has 2 heterocycles. The van der Waals surface area contributed by atoms with Gasteiger partial charge in [0, 0.05) is 37.1 Å². The van der Waals surface area contributed by atoms with E-state index in [-0.39, 0.29) is 17.3 Å². The third kappa shape index (κ3) is 5.52. The lowest BCUT2D eigenvalue weighted by atomic mass is 10.1. The molecule has 1 saturated heterocycles. The zero-order valence-electron chi connectivity index (χ0n) is 17.7. The molecule has 0 atom stereocenters. The molecular weight excluding hydrogens is 424 g/mol. The first-order chi connectivity index (χ1) is 15.5. The van der Waals surface area contributed by atoms with Crippen molar-refractivity contribution < 1.29 is 13.2 Å². The molecule has 1 fully saturated rings. The van der Waals surface area contributed by atoms with Crippen LogP contribution in [0.2, 0.25) is 0 Å². The molecule has 0 saturated carbocycles. The Morgan fingerprint density at radius 2 is 1.66 bits per heavy atom. The maximum Gasteiger partial charge on any atom is 0.255 e. The summed E-state index contributed by atoms with van der Waals surface area (Å²) in [6.07, 6.45) is 6.80. The van der Waals surface area contributed by atoms with Crippen LogP contribution in [0.15, 0.2) is 78.0 Å². The van der Waals surface area contributed by atoms with Gasteiger partial charge in [-0.25, -0.2) is 13.1 Å². The fourth-order valence-electron chi connectivity index (χ4n) is 3.66. The van der Waals surface area contributed by atoms with Crippen LogP contribution in [0.4, 0.5) is 11.4 Å². The standard InChI is InChI=1S/C24H26N4O3S/c29-24(27-21-5-4-14-25-18-21)20-8-6-19(7-9-20)17-26-32(30,31)23-12-10-22(11-13-23)28-15-2-1-3-16-28/h4-14,18,26H,1-3,15-17H2,(H,27,29). The highest BCUT2D eigenvalue weighted by atomic mass is 32.2. The first-order valence-electron chi connectivity index (χ1n) is 10.7. The first-order valence-corrected chi connectivity index (χ1v) is 12.1. The lowest BCUT2D eigenvalue weighted by Crippen LogP contribution is -2.29. The summed E-state index contributed by atoms with van der Waals surface area (Å²) >= 11 is 0. The van der Waals surface area contributed by atoms with Crippen molar-refractivity contribution in [3.05, 3.63) is 84.2 Å². The Kier molecular flexibility index (Phi) is 6.82. The summed E-state index contributed by atoms with van der Waals surface area (Å²) in [7, 11) is -3.63. The van der Waals surface area contributed by atoms with Crippen LogP contribution in [-0.4, -0.2) is 32.4 Å². The molecule has 1 amide bonds. The van der Waals surface area contributed by atoms with Gasteiger partial charge in [0.1, 0.15) is 0 Å². The van der Waals surface area contributed by atoms with Crippen LogP contribution in [0.5, 0.6) is 0 Å². The molecule has 0 radical (unpaired) electrons. The number of hydrogen-bond acceptors (Lipinski definition) is 5. The van der Waals surface area contributed by atoms with Crippen molar-refractivity contribution in [2.24, 2.45) is 0 Å². The predicted octanol–water partition coefficient (Wildman–Crippen LogP) is 3.80. The summed E-state index contributed by atoms with van der Waals surface area (Å²) < 4.78 is 28.0. The third-order valence-electron chi connectivity index (χ3n) is 5.47. The van der Waals surface area contributed by atoms with Gasteiger partial charge in [-0.1, -0.05) is 12.1 Å². The van der Waals surface area contributed by atoms with E-state index < -0.39 is 10.0 Å². The molecule has 7 nitrogen and oxygen atoms in total. The topological polar surface area (TPSA) is 91.4 Å². The molecule has 0 spiro atoms. The number of anilines is 2. The quantitative estimate of drug-likeness (QED) is 0.571. The summed E-state index contributed by atoms with van der Waals surface area (Å²) in [5.41, 5.74) is 2.91. The van der Waals surface area contributed by atoms with Crippen LogP contribution in [0.1, 0.15) is 35.2 Å². The molecule has 1 aliphatic rings. The molecule has 3 aromatic rings. The maximum absolute atomic E-state index is 12.7. The van der Waals surface area contributed by atoms with Crippen LogP contribution in [0.25, 0.3) is 0 Å². The van der Waals surface area contributed by atoms with Crippen molar-refractivity contribution in [1.29, 1.82) is 0 Å². The van der Waals surface area contributed by atoms with Crippen molar-refractivity contribution in [3.8, 4) is 0 Å². The van der Waals surface area contributed by atoms with E-state index in [2.05, 4.69) is 19.9 Å². The molecule has 0 aliphatic carbocycles. The summed E-state index contributed by atoms with van der Waals surface area (Å²) in [5.74, 6) is -0.251. The number of nitrogens with zero attached hydrogens (tertiary/aromatic N) is 2. The number of rotatable bonds is 7. The Morgan fingerprint density at radius 1 is 0.938 bits per heavy atom. The number of carbonyl (C=O) groups excluding carboxylic acids is 1. The molecule has 1 aliphatic heterocycles. The van der Waals surface area contributed by atoms with E-state index in [4.69, 9.17) is 0 Å². The zero-order valence-corrected chi connectivity index (χ0v) is 18.5. The van der Waals surface area contributed by atoms with Crippen LogP contribution in [-0.2, 0) is 16.6 Å². The second-order valence-electron chi connectivity index (χ2n) is 7.76. The zero-order chi connectivity index (χ0) is 22.4. The fourth-order valence-corrected chi connectivity index (χ4v) is 4.68. The number of nitrogens with one attached hydrogen (secondary N) is 2. The SMILES string of the molecule is O=C(Nc1cccnc1)c1ccc(CNS(=O)(=O)c2ccc(N3CCCCC3)cc2)cc1. The molecule has 166 valence electrons. The van der Waals surface area contributed by atoms with Gasteiger partial charge in [0.05, 0.1) is 16.8 Å². The van der Waals surface area contributed by atoms with E-state index in [1.807, 2.05) is 12.1 Å². The predicted molar refractivity (Wildman–Crippen MR) is 125 cm³/mol. The summed E-state index contributed by atoms with van der Waals surface area (Å²) in [6.45, 7) is 2.17. The van der Waals surface area contributed by atoms with Gasteiger partial charge < -0.3 is 10.2 Å². The number of benzene rings is 2. The van der Waals surface area contributed by atoms with Crippen molar-refractivity contribution in [2.45, 2.75) is 30.7 Å². The Morgan fingerprint density at radius 3 is 2.31 bits per heavy atom. The average molecular weight is 451 g/mol. The maximum atomic E-state index is 12.7. The summed E-state index contributed by atoms with van der Waals surface area (Å²) in [5, 5.41) is 2.77. The van der Waals surface area contributed by atoms with E-state index in [0.29, 0.717) is 11.3 Å². The Labute approximate surface area is 188 Å². The number of piperidine rings is 1. The lowest BCUT2D eigenvalue weighted by molar-refractivity contribution is 0.102. The lowest BCUT2D eigenvalue weighted by Gasteiger charge is -2.28. The molecule has 0 bridgehead atoms. The van der Waals surface area contributed by atoms with Gasteiger partial charge in [-0.3, -0.25) is 9.78 Å². The molecule has 2 aromatic carbocycles. The summed E-state index contributed by atoms with van der Waals surface area (Å²) in [6, 6.07) is 17.4. The molecule has 8 heteroatoms. The van der Waals surface area contributed by atoms with Crippen LogP contribution in [0, 0.1) is 0 Å². The number of carbonyl (C=O) groups is 1. The largest absolute Gasteiger partial charge is 0.372 e. The first kappa shape index (κ1) is 22.0. The Hall–Kier alpha value is -3.23. The van der Waals surface area contributed by atoms with Gasteiger partial charge >= 0.3 is 0 Å². The number of amides is 1. The summed E-state index contributed by atoms with van der Waals surface area (Å²) in [4.78, 5) is 18.8. The van der Waals surface area contributed by atoms with E-state index in [1.165, 1.54) is 19.3 Å². The van der Waals surface area contributed by atoms with Gasteiger partial charge in [-0.15, -0.1) is 0 Å². The second-order valence-corrected chi connectivity index (χ2v) is 9.53. The molecule has 0 unspecified atom stereocenters. The molecular formula is C24H26N4O3S. The minimum atomic E-state index is -3.63. The minimum Gasteiger partial charge on any atom is -0.372 e. The normalized spacial score (nSPS) is 14.2. The van der Waals surface area contributed by atoms with Gasteiger partial charge in [0.25, 0.3) is 5.91 Å². The van der Waals surface area contributed by atoms with Crippen molar-refractivity contribution in [2.75, 3.05) is 23.3 Å². The monoisotopic (exact) mass is 450 g/mol. The highest BCUT2D eigenvalue weighted by Crippen LogP contribution is 2.22. The molecule has 4 rings (SSSR count). The van der Waals surface area contributed by atoms with Gasteiger partial charge in [-0.05, 0) is 73.4 Å². The van der Waals surface area contributed by atoms with E-state index in [9.17, 15) is 13.2 Å². The van der Waals surface area contributed by atoms with Crippen LogP contribution >= 0.6 is 0 Å². The van der Waals surface area contributed by atoms with Crippen molar-refractivity contribution in [3.63, 3.8) is 0 Å². The fraction of sp³-hybridized carbons (Fsp3) is 0.250. The molecule has 1 aromatic heterocycles. The number of pyridine rings is 1. The molecule has 32 heavy (non-hydrogen) atoms. The Balaban J connectivity index is 1.34. The highest BCUT2D eigenvalue weighted by molar-refractivity contribution is 7.89. The van der Waals surface area contributed by atoms with Crippen LogP contribution < -0.4 is 14.9 Å². The number of aromatic nitrogens is 1. The van der Waals surface area contributed by atoms with E-state index >= 15 is 0 Å². The number of sulfonamides is 1. The van der Waals surface area contributed by atoms with E-state index in [1.54, 1.807) is 60.9 Å². The minimum absolute atomic E-state index is 0.140. The van der Waals surface area contributed by atoms with Crippen molar-refractivity contribution in [1.82, 2.24) is 9.71 Å². The third-order valence-corrected chi connectivity index (χ3v) is 6.89. The second kappa shape index (κ2) is 9.93. The van der Waals surface area contributed by atoms with Gasteiger partial charge in [-0.2, -0.15) is 0 Å².